The average molecular weight is 397 g/mol. The molecule has 0 saturated carbocycles. The van der Waals surface area contributed by atoms with Crippen molar-refractivity contribution in [2.24, 2.45) is 0 Å². The third-order valence-electron chi connectivity index (χ3n) is 7.08. The Bertz CT molecular complexity index is 888. The monoisotopic (exact) mass is 397 g/mol. The van der Waals surface area contributed by atoms with Gasteiger partial charge in [-0.2, -0.15) is 0 Å². The average Bonchev–Trinajstić information content (AvgIpc) is 3.23. The van der Waals surface area contributed by atoms with E-state index < -0.39 is 6.04 Å². The molecule has 1 aromatic carbocycles. The van der Waals surface area contributed by atoms with Gasteiger partial charge in [0.2, 0.25) is 11.8 Å². The molecular weight excluding hydrogens is 370 g/mol. The minimum absolute atomic E-state index is 0.0414. The van der Waals surface area contributed by atoms with Crippen molar-refractivity contribution in [3.8, 4) is 5.75 Å². The number of nitrogens with zero attached hydrogens (tertiary/aromatic N) is 2. The van der Waals surface area contributed by atoms with Crippen molar-refractivity contribution in [3.05, 3.63) is 28.8 Å². The fraction of sp³-hybridized carbons (Fsp3) is 0.591. The zero-order chi connectivity index (χ0) is 20.2. The van der Waals surface area contributed by atoms with Gasteiger partial charge in [0.15, 0.2) is 0 Å². The summed E-state index contributed by atoms with van der Waals surface area (Å²) in [5, 5.41) is 2.36. The van der Waals surface area contributed by atoms with Crippen molar-refractivity contribution in [2.45, 2.75) is 57.0 Å². The van der Waals surface area contributed by atoms with Gasteiger partial charge in [0.25, 0.3) is 5.91 Å². The first-order valence-corrected chi connectivity index (χ1v) is 10.7. The van der Waals surface area contributed by atoms with Crippen LogP contribution >= 0.6 is 0 Å². The molecule has 3 amide bonds. The number of carbonyl (C=O) groups excluding carboxylic acids is 3. The zero-order valence-corrected chi connectivity index (χ0v) is 16.8. The van der Waals surface area contributed by atoms with Gasteiger partial charge in [-0.15, -0.1) is 0 Å². The molecule has 2 saturated heterocycles. The van der Waals surface area contributed by atoms with E-state index in [0.29, 0.717) is 25.1 Å². The highest BCUT2D eigenvalue weighted by Crippen LogP contribution is 2.49. The van der Waals surface area contributed by atoms with Crippen LogP contribution in [-0.4, -0.2) is 59.8 Å². The van der Waals surface area contributed by atoms with E-state index in [1.165, 1.54) is 12.0 Å². The first-order chi connectivity index (χ1) is 14.0. The maximum atomic E-state index is 13.0. The number of fused-ring (bicyclic) bond motifs is 4. The molecule has 29 heavy (non-hydrogen) atoms. The van der Waals surface area contributed by atoms with Crippen molar-refractivity contribution in [1.82, 2.24) is 15.1 Å². The molecule has 4 heterocycles. The van der Waals surface area contributed by atoms with Crippen LogP contribution in [-0.2, 0) is 21.5 Å². The summed E-state index contributed by atoms with van der Waals surface area (Å²) in [6.45, 7) is 6.56. The normalized spacial score (nSPS) is 25.8. The summed E-state index contributed by atoms with van der Waals surface area (Å²) in [5.41, 5.74) is 2.81. The maximum absolute atomic E-state index is 13.0. The lowest BCUT2D eigenvalue weighted by molar-refractivity contribution is -0.136. The van der Waals surface area contributed by atoms with Gasteiger partial charge in [0, 0.05) is 28.5 Å². The predicted octanol–water partition coefficient (Wildman–Crippen LogP) is 1.58. The van der Waals surface area contributed by atoms with E-state index in [2.05, 4.69) is 23.2 Å². The Kier molecular flexibility index (Phi) is 4.38. The standard InChI is InChI=1S/C22H27N3O4/c1-2-9-24-10-7-22(8-11-24)13-29-19-15-12-25(17-5-6-18(26)23-20(17)27)21(28)14(15)3-4-16(19)22/h3-4,17H,2,5-13H2,1H3,(H,23,26,27). The van der Waals surface area contributed by atoms with Crippen LogP contribution in [0.3, 0.4) is 0 Å². The van der Waals surface area contributed by atoms with Crippen LogP contribution in [0.5, 0.6) is 5.75 Å². The van der Waals surface area contributed by atoms with Gasteiger partial charge in [0.1, 0.15) is 11.8 Å². The lowest BCUT2D eigenvalue weighted by Crippen LogP contribution is -2.52. The highest BCUT2D eigenvalue weighted by Gasteiger charge is 2.47. The van der Waals surface area contributed by atoms with Gasteiger partial charge in [-0.1, -0.05) is 13.0 Å². The second kappa shape index (κ2) is 6.83. The summed E-state index contributed by atoms with van der Waals surface area (Å²) in [6, 6.07) is 3.40. The lowest BCUT2D eigenvalue weighted by atomic mass is 9.74. The number of piperidine rings is 2. The number of ether oxygens (including phenoxy) is 1. The molecular formula is C22H27N3O4. The Morgan fingerprint density at radius 3 is 2.72 bits per heavy atom. The number of benzene rings is 1. The zero-order valence-electron chi connectivity index (χ0n) is 16.8. The lowest BCUT2D eigenvalue weighted by Gasteiger charge is -2.38. The van der Waals surface area contributed by atoms with Crippen LogP contribution in [0.1, 0.15) is 60.5 Å². The number of amides is 3. The highest BCUT2D eigenvalue weighted by atomic mass is 16.5. The Morgan fingerprint density at radius 1 is 1.21 bits per heavy atom. The molecule has 7 nitrogen and oxygen atoms in total. The maximum Gasteiger partial charge on any atom is 0.255 e. The highest BCUT2D eigenvalue weighted by molar-refractivity contribution is 6.05. The second-order valence-electron chi connectivity index (χ2n) is 8.78. The molecule has 0 radical (unpaired) electrons. The first-order valence-electron chi connectivity index (χ1n) is 10.7. The van der Waals surface area contributed by atoms with Crippen LogP contribution in [0.25, 0.3) is 0 Å². The van der Waals surface area contributed by atoms with Crippen molar-refractivity contribution >= 4 is 17.7 Å². The van der Waals surface area contributed by atoms with Crippen molar-refractivity contribution in [1.29, 1.82) is 0 Å². The van der Waals surface area contributed by atoms with Crippen LogP contribution < -0.4 is 10.1 Å². The summed E-state index contributed by atoms with van der Waals surface area (Å²) in [4.78, 5) is 40.9. The van der Waals surface area contributed by atoms with E-state index in [1.54, 1.807) is 4.90 Å². The summed E-state index contributed by atoms with van der Waals surface area (Å²) in [5.74, 6) is 0.0740. The van der Waals surface area contributed by atoms with Crippen LogP contribution in [0.4, 0.5) is 0 Å². The molecule has 7 heteroatoms. The van der Waals surface area contributed by atoms with Crippen molar-refractivity contribution in [2.75, 3.05) is 26.2 Å². The topological polar surface area (TPSA) is 79.0 Å². The first kappa shape index (κ1) is 18.6. The van der Waals surface area contributed by atoms with E-state index in [0.717, 1.165) is 43.8 Å². The van der Waals surface area contributed by atoms with E-state index in [1.807, 2.05) is 6.07 Å². The van der Waals surface area contributed by atoms with Gasteiger partial charge in [0.05, 0.1) is 13.2 Å². The summed E-state index contributed by atoms with van der Waals surface area (Å²) >= 11 is 0. The molecule has 1 atom stereocenters. The molecule has 1 spiro atoms. The Labute approximate surface area is 170 Å². The Hall–Kier alpha value is -2.41. The fourth-order valence-corrected chi connectivity index (χ4v) is 5.42. The van der Waals surface area contributed by atoms with Gasteiger partial charge in [-0.3, -0.25) is 19.7 Å². The second-order valence-corrected chi connectivity index (χ2v) is 8.78. The smallest absolute Gasteiger partial charge is 0.255 e. The van der Waals surface area contributed by atoms with Crippen molar-refractivity contribution < 1.29 is 19.1 Å². The molecule has 154 valence electrons. The molecule has 0 aliphatic carbocycles. The number of imide groups is 1. The van der Waals surface area contributed by atoms with Gasteiger partial charge in [-0.25, -0.2) is 0 Å². The molecule has 1 N–H and O–H groups in total. The third kappa shape index (κ3) is 2.86. The molecule has 2 fully saturated rings. The van der Waals surface area contributed by atoms with E-state index in [9.17, 15) is 14.4 Å². The third-order valence-corrected chi connectivity index (χ3v) is 7.08. The minimum atomic E-state index is -0.587. The molecule has 1 unspecified atom stereocenters. The molecule has 0 aromatic heterocycles. The summed E-state index contributed by atoms with van der Waals surface area (Å²) < 4.78 is 6.21. The number of rotatable bonds is 3. The van der Waals surface area contributed by atoms with Crippen molar-refractivity contribution in [3.63, 3.8) is 0 Å². The Balaban J connectivity index is 1.41. The molecule has 0 bridgehead atoms. The van der Waals surface area contributed by atoms with E-state index >= 15 is 0 Å². The number of carbonyl (C=O) groups is 3. The fourth-order valence-electron chi connectivity index (χ4n) is 5.42. The molecule has 4 aliphatic rings. The Morgan fingerprint density at radius 2 is 2.00 bits per heavy atom. The molecule has 1 aromatic rings. The minimum Gasteiger partial charge on any atom is -0.492 e. The van der Waals surface area contributed by atoms with Crippen LogP contribution in [0, 0.1) is 0 Å². The number of hydrogen-bond donors (Lipinski definition) is 1. The number of nitrogens with one attached hydrogen (secondary N) is 1. The van der Waals surface area contributed by atoms with E-state index in [-0.39, 0.29) is 29.6 Å². The largest absolute Gasteiger partial charge is 0.492 e. The summed E-state index contributed by atoms with van der Waals surface area (Å²) in [6.07, 6.45) is 3.96. The summed E-state index contributed by atoms with van der Waals surface area (Å²) in [7, 11) is 0. The SMILES string of the molecule is CCCN1CCC2(CC1)COc1c2ccc2c1CN(C1CCC(=O)NC1=O)C2=O. The quantitative estimate of drug-likeness (QED) is 0.784. The van der Waals surface area contributed by atoms with Gasteiger partial charge < -0.3 is 14.5 Å². The predicted molar refractivity (Wildman–Crippen MR) is 106 cm³/mol. The van der Waals surface area contributed by atoms with Gasteiger partial charge >= 0.3 is 0 Å². The van der Waals surface area contributed by atoms with Gasteiger partial charge in [-0.05, 0) is 51.4 Å². The molecule has 4 aliphatic heterocycles. The van der Waals surface area contributed by atoms with E-state index in [4.69, 9.17) is 4.74 Å². The van der Waals surface area contributed by atoms with Crippen LogP contribution in [0.15, 0.2) is 12.1 Å². The number of hydrogen-bond acceptors (Lipinski definition) is 5. The number of likely N-dealkylation sites (tertiary alicyclic amines) is 1. The molecule has 5 rings (SSSR count). The van der Waals surface area contributed by atoms with Crippen LogP contribution in [0.2, 0.25) is 0 Å².